The van der Waals surface area contributed by atoms with Crippen LogP contribution in [0, 0.1) is 11.3 Å². The molecule has 0 aromatic carbocycles. The molecular formula is C18H19F2N5O2. The van der Waals surface area contributed by atoms with E-state index in [4.69, 9.17) is 4.42 Å². The van der Waals surface area contributed by atoms with E-state index in [1.807, 2.05) is 26.0 Å². The molecule has 1 aliphatic carbocycles. The van der Waals surface area contributed by atoms with Crippen LogP contribution in [0.25, 0.3) is 11.1 Å². The van der Waals surface area contributed by atoms with Gasteiger partial charge in [0.05, 0.1) is 18.2 Å². The standard InChI is InChI=1S/C18H19F2N5O2/c1-18(2)10-4-3-9(7-12(10)23-16(18)26)22-17-24-11-5-6-27-14(11)15(25-17)21-8-13(19)20/h3,5-7,10,13H,4,8H2,1-2H3,(H,23,26)(H2,21,22,24,25). The maximum atomic E-state index is 12.5. The molecule has 1 atom stereocenters. The van der Waals surface area contributed by atoms with Crippen LogP contribution in [0.5, 0.6) is 0 Å². The summed E-state index contributed by atoms with van der Waals surface area (Å²) >= 11 is 0. The Morgan fingerprint density at radius 3 is 3.00 bits per heavy atom. The third kappa shape index (κ3) is 3.13. The van der Waals surface area contributed by atoms with Gasteiger partial charge in [-0.3, -0.25) is 4.79 Å². The topological polar surface area (TPSA) is 92.1 Å². The first-order valence-corrected chi connectivity index (χ1v) is 8.62. The van der Waals surface area contributed by atoms with Crippen molar-refractivity contribution in [3.63, 3.8) is 0 Å². The summed E-state index contributed by atoms with van der Waals surface area (Å²) in [5.41, 5.74) is 1.97. The maximum absolute atomic E-state index is 12.5. The van der Waals surface area contributed by atoms with E-state index in [2.05, 4.69) is 25.9 Å². The van der Waals surface area contributed by atoms with Gasteiger partial charge in [-0.25, -0.2) is 13.8 Å². The van der Waals surface area contributed by atoms with Crippen LogP contribution in [-0.4, -0.2) is 28.8 Å². The molecule has 2 aromatic rings. The smallest absolute Gasteiger partial charge is 0.255 e. The fourth-order valence-corrected chi connectivity index (χ4v) is 3.39. The Kier molecular flexibility index (Phi) is 4.09. The van der Waals surface area contributed by atoms with Gasteiger partial charge in [-0.2, -0.15) is 4.98 Å². The molecule has 3 heterocycles. The molecule has 1 aliphatic heterocycles. The number of alkyl halides is 2. The molecule has 0 bridgehead atoms. The van der Waals surface area contributed by atoms with Crippen LogP contribution >= 0.6 is 0 Å². The molecule has 9 heteroatoms. The van der Waals surface area contributed by atoms with Crippen molar-refractivity contribution in [1.82, 2.24) is 15.3 Å². The van der Waals surface area contributed by atoms with Gasteiger partial charge in [-0.05, 0) is 12.5 Å². The van der Waals surface area contributed by atoms with E-state index in [-0.39, 0.29) is 23.6 Å². The zero-order valence-electron chi connectivity index (χ0n) is 14.8. The molecule has 2 aromatic heterocycles. The number of aromatic nitrogens is 2. The molecule has 0 radical (unpaired) electrons. The molecule has 4 rings (SSSR count). The highest BCUT2D eigenvalue weighted by Gasteiger charge is 2.45. The highest BCUT2D eigenvalue weighted by molar-refractivity contribution is 5.88. The van der Waals surface area contributed by atoms with Gasteiger partial charge in [0, 0.05) is 23.4 Å². The number of anilines is 2. The molecule has 0 spiro atoms. The van der Waals surface area contributed by atoms with E-state index >= 15 is 0 Å². The second-order valence-corrected chi connectivity index (χ2v) is 7.15. The summed E-state index contributed by atoms with van der Waals surface area (Å²) in [5.74, 6) is 0.565. The molecule has 0 saturated carbocycles. The number of nitrogens with zero attached hydrogens (tertiary/aromatic N) is 2. The van der Waals surface area contributed by atoms with E-state index in [9.17, 15) is 13.6 Å². The van der Waals surface area contributed by atoms with Crippen molar-refractivity contribution >= 4 is 28.8 Å². The maximum Gasteiger partial charge on any atom is 0.255 e. The Bertz CT molecular complexity index is 964. The minimum atomic E-state index is -2.52. The molecule has 1 fully saturated rings. The number of hydrogen-bond donors (Lipinski definition) is 3. The number of rotatable bonds is 5. The van der Waals surface area contributed by atoms with Gasteiger partial charge in [0.2, 0.25) is 11.9 Å². The van der Waals surface area contributed by atoms with E-state index < -0.39 is 18.4 Å². The summed E-state index contributed by atoms with van der Waals surface area (Å²) in [4.78, 5) is 20.7. The van der Waals surface area contributed by atoms with Crippen LogP contribution in [0.4, 0.5) is 20.5 Å². The predicted octanol–water partition coefficient (Wildman–Crippen LogP) is 3.26. The monoisotopic (exact) mass is 375 g/mol. The fourth-order valence-electron chi connectivity index (χ4n) is 3.39. The molecule has 1 amide bonds. The Morgan fingerprint density at radius 1 is 1.41 bits per heavy atom. The van der Waals surface area contributed by atoms with E-state index in [0.717, 1.165) is 11.4 Å². The molecule has 27 heavy (non-hydrogen) atoms. The Hall–Kier alpha value is -2.97. The minimum absolute atomic E-state index is 0.00273. The number of allylic oxidation sites excluding steroid dienone is 3. The predicted molar refractivity (Wildman–Crippen MR) is 96.1 cm³/mol. The summed E-state index contributed by atoms with van der Waals surface area (Å²) in [7, 11) is 0. The van der Waals surface area contributed by atoms with Gasteiger partial charge < -0.3 is 20.4 Å². The lowest BCUT2D eigenvalue weighted by atomic mass is 9.76. The zero-order chi connectivity index (χ0) is 19.2. The SMILES string of the molecule is CC1(C)C(=O)NC2=CC(Nc3nc(NCC(F)F)c4occc4n3)=CCC21. The second-order valence-electron chi connectivity index (χ2n) is 7.15. The van der Waals surface area contributed by atoms with Gasteiger partial charge in [0.15, 0.2) is 11.4 Å². The number of nitrogens with one attached hydrogen (secondary N) is 3. The first kappa shape index (κ1) is 17.4. The molecule has 7 nitrogen and oxygen atoms in total. The largest absolute Gasteiger partial charge is 0.459 e. The Morgan fingerprint density at radius 2 is 2.22 bits per heavy atom. The summed E-state index contributed by atoms with van der Waals surface area (Å²) in [6.45, 7) is 3.32. The third-order valence-electron chi connectivity index (χ3n) is 4.96. The average molecular weight is 375 g/mol. The second kappa shape index (κ2) is 6.33. The normalized spacial score (nSPS) is 20.9. The number of carbonyl (C=O) groups excluding carboxylic acids is 1. The summed E-state index contributed by atoms with van der Waals surface area (Å²) in [6, 6.07) is 1.64. The van der Waals surface area contributed by atoms with Crippen molar-refractivity contribution in [2.45, 2.75) is 26.7 Å². The lowest BCUT2D eigenvalue weighted by Gasteiger charge is -2.25. The van der Waals surface area contributed by atoms with Crippen LogP contribution in [0.1, 0.15) is 20.3 Å². The summed E-state index contributed by atoms with van der Waals surface area (Å²) in [6.07, 6.45) is 3.45. The van der Waals surface area contributed by atoms with Crippen LogP contribution in [0.2, 0.25) is 0 Å². The van der Waals surface area contributed by atoms with Crippen molar-refractivity contribution in [3.8, 4) is 0 Å². The lowest BCUT2D eigenvalue weighted by molar-refractivity contribution is -0.127. The van der Waals surface area contributed by atoms with Crippen molar-refractivity contribution in [2.24, 2.45) is 11.3 Å². The van der Waals surface area contributed by atoms with Gasteiger partial charge in [0.25, 0.3) is 6.43 Å². The highest BCUT2D eigenvalue weighted by atomic mass is 19.3. The van der Waals surface area contributed by atoms with Crippen molar-refractivity contribution in [2.75, 3.05) is 17.2 Å². The van der Waals surface area contributed by atoms with Gasteiger partial charge >= 0.3 is 0 Å². The van der Waals surface area contributed by atoms with Crippen LogP contribution in [-0.2, 0) is 4.79 Å². The third-order valence-corrected chi connectivity index (χ3v) is 4.96. The molecule has 3 N–H and O–H groups in total. The Labute approximate surface area is 153 Å². The van der Waals surface area contributed by atoms with Crippen LogP contribution in [0.3, 0.4) is 0 Å². The number of fused-ring (bicyclic) bond motifs is 2. The molecule has 142 valence electrons. The lowest BCUT2D eigenvalue weighted by Crippen LogP contribution is -2.28. The number of amides is 1. The van der Waals surface area contributed by atoms with E-state index in [0.29, 0.717) is 17.5 Å². The first-order chi connectivity index (χ1) is 12.8. The summed E-state index contributed by atoms with van der Waals surface area (Å²) < 4.78 is 30.4. The first-order valence-electron chi connectivity index (χ1n) is 8.62. The number of hydrogen-bond acceptors (Lipinski definition) is 6. The molecule has 2 aliphatic rings. The van der Waals surface area contributed by atoms with Gasteiger partial charge in [-0.15, -0.1) is 0 Å². The van der Waals surface area contributed by atoms with Crippen molar-refractivity contribution in [3.05, 3.63) is 35.9 Å². The Balaban J connectivity index is 1.58. The quantitative estimate of drug-likeness (QED) is 0.743. The highest BCUT2D eigenvalue weighted by Crippen LogP contribution is 2.42. The molecular weight excluding hydrogens is 356 g/mol. The fraction of sp³-hybridized carbons (Fsp3) is 0.389. The number of carbonyl (C=O) groups is 1. The number of halogens is 2. The summed E-state index contributed by atoms with van der Waals surface area (Å²) in [5, 5.41) is 8.59. The zero-order valence-corrected chi connectivity index (χ0v) is 14.8. The van der Waals surface area contributed by atoms with Crippen LogP contribution < -0.4 is 16.0 Å². The van der Waals surface area contributed by atoms with Gasteiger partial charge in [0.1, 0.15) is 5.52 Å². The van der Waals surface area contributed by atoms with E-state index in [1.165, 1.54) is 6.26 Å². The van der Waals surface area contributed by atoms with Crippen LogP contribution in [0.15, 0.2) is 40.3 Å². The van der Waals surface area contributed by atoms with Crippen molar-refractivity contribution in [1.29, 1.82) is 0 Å². The average Bonchev–Trinajstić information content (AvgIpc) is 3.15. The number of furan rings is 1. The van der Waals surface area contributed by atoms with Crippen molar-refractivity contribution < 1.29 is 18.0 Å². The minimum Gasteiger partial charge on any atom is -0.459 e. The van der Waals surface area contributed by atoms with E-state index in [1.54, 1.807) is 6.07 Å². The van der Waals surface area contributed by atoms with Gasteiger partial charge in [-0.1, -0.05) is 19.9 Å². The molecule has 1 saturated heterocycles. The molecule has 1 unspecified atom stereocenters.